The van der Waals surface area contributed by atoms with E-state index in [0.717, 1.165) is 5.56 Å². The van der Waals surface area contributed by atoms with E-state index in [9.17, 15) is 14.4 Å². The molecule has 2 N–H and O–H groups in total. The van der Waals surface area contributed by atoms with Crippen LogP contribution in [-0.4, -0.2) is 31.3 Å². The van der Waals surface area contributed by atoms with Crippen LogP contribution in [0.1, 0.15) is 46.2 Å². The number of hydrogen-bond donors (Lipinski definition) is 2. The summed E-state index contributed by atoms with van der Waals surface area (Å²) >= 11 is 0. The van der Waals surface area contributed by atoms with Crippen molar-refractivity contribution in [2.24, 2.45) is 0 Å². The Bertz CT molecular complexity index is 1090. The van der Waals surface area contributed by atoms with E-state index in [1.54, 1.807) is 42.5 Å². The predicted octanol–water partition coefficient (Wildman–Crippen LogP) is 4.22. The van der Waals surface area contributed by atoms with Crippen molar-refractivity contribution in [1.29, 1.82) is 0 Å². The van der Waals surface area contributed by atoms with Crippen LogP contribution < -0.4 is 20.1 Å². The van der Waals surface area contributed by atoms with Crippen LogP contribution in [0.5, 0.6) is 11.5 Å². The molecule has 1 aromatic heterocycles. The molecule has 0 atom stereocenters. The number of Topliss-reactive ketones (excluding diaryl/α,β-unsaturated/α-hetero) is 1. The number of methoxy groups -OCH3 is 1. The van der Waals surface area contributed by atoms with Crippen LogP contribution in [-0.2, 0) is 11.3 Å². The molecule has 0 saturated carbocycles. The van der Waals surface area contributed by atoms with E-state index < -0.39 is 0 Å². The molecule has 8 heteroatoms. The minimum absolute atomic E-state index is 0.0511. The van der Waals surface area contributed by atoms with E-state index in [1.165, 1.54) is 20.3 Å². The van der Waals surface area contributed by atoms with Gasteiger partial charge in [-0.3, -0.25) is 14.4 Å². The van der Waals surface area contributed by atoms with E-state index in [-0.39, 0.29) is 23.4 Å². The normalized spacial score (nSPS) is 10.4. The molecule has 3 rings (SSSR count). The van der Waals surface area contributed by atoms with Crippen molar-refractivity contribution in [2.75, 3.05) is 19.0 Å². The van der Waals surface area contributed by atoms with Gasteiger partial charge in [-0.25, -0.2) is 0 Å². The second-order valence-corrected chi connectivity index (χ2v) is 7.28. The van der Waals surface area contributed by atoms with Crippen LogP contribution in [0, 0.1) is 0 Å². The highest BCUT2D eigenvalue weighted by Gasteiger charge is 2.10. The minimum atomic E-state index is -0.323. The first kappa shape index (κ1) is 23.6. The third-order valence-corrected chi connectivity index (χ3v) is 4.82. The fourth-order valence-corrected chi connectivity index (χ4v) is 3.02. The van der Waals surface area contributed by atoms with Crippen molar-refractivity contribution >= 4 is 23.3 Å². The molecule has 0 radical (unpaired) electrons. The Morgan fingerprint density at radius 2 is 1.79 bits per heavy atom. The fourth-order valence-electron chi connectivity index (χ4n) is 3.02. The maximum absolute atomic E-state index is 12.1. The summed E-state index contributed by atoms with van der Waals surface area (Å²) < 4.78 is 16.0. The number of ether oxygens (including phenoxy) is 2. The van der Waals surface area contributed by atoms with Gasteiger partial charge in [0.2, 0.25) is 5.91 Å². The number of carbonyl (C=O) groups excluding carboxylic acids is 3. The van der Waals surface area contributed by atoms with Gasteiger partial charge in [-0.15, -0.1) is 0 Å². The van der Waals surface area contributed by atoms with Gasteiger partial charge in [0.05, 0.1) is 20.0 Å². The number of nitrogens with one attached hydrogen (secondary N) is 2. The highest BCUT2D eigenvalue weighted by atomic mass is 16.5. The highest BCUT2D eigenvalue weighted by Crippen LogP contribution is 2.28. The summed E-state index contributed by atoms with van der Waals surface area (Å²) in [5, 5.41) is 5.61. The molecular formula is C25H26N2O6. The van der Waals surface area contributed by atoms with Gasteiger partial charge in [0.25, 0.3) is 5.91 Å². The van der Waals surface area contributed by atoms with E-state index in [1.807, 2.05) is 12.1 Å². The molecule has 0 aliphatic heterocycles. The molecular weight excluding hydrogens is 424 g/mol. The Kier molecular flexibility index (Phi) is 8.24. The molecule has 0 saturated heterocycles. The summed E-state index contributed by atoms with van der Waals surface area (Å²) in [7, 11) is 1.51. The number of rotatable bonds is 11. The zero-order valence-corrected chi connectivity index (χ0v) is 18.6. The van der Waals surface area contributed by atoms with E-state index in [4.69, 9.17) is 13.9 Å². The molecule has 2 amide bonds. The Morgan fingerprint density at radius 1 is 1.00 bits per heavy atom. The third kappa shape index (κ3) is 6.96. The molecule has 1 heterocycles. The van der Waals surface area contributed by atoms with Gasteiger partial charge in [0.1, 0.15) is 0 Å². The van der Waals surface area contributed by atoms with Crippen molar-refractivity contribution in [1.82, 2.24) is 5.32 Å². The molecule has 33 heavy (non-hydrogen) atoms. The zero-order chi connectivity index (χ0) is 23.6. The second-order valence-electron chi connectivity index (χ2n) is 7.28. The zero-order valence-electron chi connectivity index (χ0n) is 18.6. The SMILES string of the molecule is COc1cc(C(C)=O)ccc1OCCCC(=O)NCc1ccc(NC(=O)c2ccco2)cc1. The number of hydrogen-bond acceptors (Lipinski definition) is 6. The maximum atomic E-state index is 12.1. The van der Waals surface area contributed by atoms with E-state index in [2.05, 4.69) is 10.6 Å². The lowest BCUT2D eigenvalue weighted by atomic mass is 10.1. The Morgan fingerprint density at radius 3 is 2.45 bits per heavy atom. The standard InChI is InChI=1S/C25H26N2O6/c1-17(28)19-9-12-21(23(15-19)31-2)32-14-4-6-24(29)26-16-18-7-10-20(11-8-18)27-25(30)22-5-3-13-33-22/h3,5,7-13,15H,4,6,14,16H2,1-2H3,(H,26,29)(H,27,30). The lowest BCUT2D eigenvalue weighted by molar-refractivity contribution is -0.121. The smallest absolute Gasteiger partial charge is 0.291 e. The number of carbonyl (C=O) groups is 3. The molecule has 0 fully saturated rings. The summed E-state index contributed by atoms with van der Waals surface area (Å²) in [4.78, 5) is 35.6. The molecule has 3 aromatic rings. The third-order valence-electron chi connectivity index (χ3n) is 4.82. The lowest BCUT2D eigenvalue weighted by Crippen LogP contribution is -2.23. The monoisotopic (exact) mass is 450 g/mol. The van der Waals surface area contributed by atoms with Gasteiger partial charge >= 0.3 is 0 Å². The molecule has 0 aliphatic rings. The predicted molar refractivity (Wildman–Crippen MR) is 123 cm³/mol. The molecule has 0 unspecified atom stereocenters. The first-order valence-corrected chi connectivity index (χ1v) is 10.5. The van der Waals surface area contributed by atoms with Gasteiger partial charge in [-0.05, 0) is 61.4 Å². The van der Waals surface area contributed by atoms with Crippen LogP contribution in [0.4, 0.5) is 5.69 Å². The Balaban J connectivity index is 1.37. The highest BCUT2D eigenvalue weighted by molar-refractivity contribution is 6.02. The van der Waals surface area contributed by atoms with Gasteiger partial charge < -0.3 is 24.5 Å². The summed E-state index contributed by atoms with van der Waals surface area (Å²) in [6.45, 7) is 2.21. The van der Waals surface area contributed by atoms with Crippen LogP contribution >= 0.6 is 0 Å². The van der Waals surface area contributed by atoms with E-state index >= 15 is 0 Å². The molecule has 0 aliphatic carbocycles. The van der Waals surface area contributed by atoms with Gasteiger partial charge in [-0.1, -0.05) is 12.1 Å². The number of amides is 2. The summed E-state index contributed by atoms with van der Waals surface area (Å²) in [6.07, 6.45) is 2.28. The van der Waals surface area contributed by atoms with Crippen LogP contribution in [0.25, 0.3) is 0 Å². The molecule has 0 bridgehead atoms. The van der Waals surface area contributed by atoms with Crippen molar-refractivity contribution in [3.05, 3.63) is 77.7 Å². The number of benzene rings is 2. The lowest BCUT2D eigenvalue weighted by Gasteiger charge is -2.11. The van der Waals surface area contributed by atoms with Gasteiger partial charge in [-0.2, -0.15) is 0 Å². The fraction of sp³-hybridized carbons (Fsp3) is 0.240. The van der Waals surface area contributed by atoms with Crippen molar-refractivity contribution < 1.29 is 28.3 Å². The molecule has 172 valence electrons. The van der Waals surface area contributed by atoms with Crippen molar-refractivity contribution in [3.8, 4) is 11.5 Å². The average Bonchev–Trinajstić information content (AvgIpc) is 3.36. The quantitative estimate of drug-likeness (QED) is 0.335. The van der Waals surface area contributed by atoms with Gasteiger partial charge in [0.15, 0.2) is 23.0 Å². The summed E-state index contributed by atoms with van der Waals surface area (Å²) in [5.74, 6) is 0.785. The summed E-state index contributed by atoms with van der Waals surface area (Å²) in [5.41, 5.74) is 2.09. The first-order chi connectivity index (χ1) is 16.0. The Labute approximate surface area is 191 Å². The topological polar surface area (TPSA) is 107 Å². The summed E-state index contributed by atoms with van der Waals surface area (Å²) in [6, 6.07) is 15.4. The molecule has 2 aromatic carbocycles. The first-order valence-electron chi connectivity index (χ1n) is 10.5. The van der Waals surface area contributed by atoms with Crippen LogP contribution in [0.15, 0.2) is 65.3 Å². The number of anilines is 1. The van der Waals surface area contributed by atoms with Gasteiger partial charge in [0, 0.05) is 24.2 Å². The van der Waals surface area contributed by atoms with E-state index in [0.29, 0.717) is 48.7 Å². The van der Waals surface area contributed by atoms with Crippen LogP contribution in [0.2, 0.25) is 0 Å². The molecule has 0 spiro atoms. The van der Waals surface area contributed by atoms with Crippen LogP contribution in [0.3, 0.4) is 0 Å². The Hall–Kier alpha value is -4.07. The number of furan rings is 1. The minimum Gasteiger partial charge on any atom is -0.493 e. The maximum Gasteiger partial charge on any atom is 0.291 e. The average molecular weight is 450 g/mol. The number of ketones is 1. The van der Waals surface area contributed by atoms with Crippen molar-refractivity contribution in [3.63, 3.8) is 0 Å². The second kappa shape index (κ2) is 11.5. The van der Waals surface area contributed by atoms with Crippen molar-refractivity contribution in [2.45, 2.75) is 26.3 Å². The molecule has 8 nitrogen and oxygen atoms in total. The largest absolute Gasteiger partial charge is 0.493 e.